The molecule has 2 unspecified atom stereocenters. The number of hydrogen-bond donors (Lipinski definition) is 3. The van der Waals surface area contributed by atoms with Gasteiger partial charge in [-0.2, -0.15) is 0 Å². The molecule has 0 spiro atoms. The van der Waals surface area contributed by atoms with E-state index in [4.69, 9.17) is 37.0 Å². The van der Waals surface area contributed by atoms with Gasteiger partial charge < -0.3 is 33.8 Å². The van der Waals surface area contributed by atoms with Crippen LogP contribution in [-0.4, -0.2) is 96.7 Å². The summed E-state index contributed by atoms with van der Waals surface area (Å²) < 4.78 is 68.7. The van der Waals surface area contributed by atoms with Crippen LogP contribution in [0, 0.1) is 0 Å². The average Bonchev–Trinajstić information content (AvgIpc) is 0.910. The van der Waals surface area contributed by atoms with Gasteiger partial charge in [-0.1, -0.05) is 372 Å². The Morgan fingerprint density at radius 1 is 0.269 bits per heavy atom. The molecule has 0 radical (unpaired) electrons. The lowest BCUT2D eigenvalue weighted by atomic mass is 10.0. The molecule has 0 fully saturated rings. The third kappa shape index (κ3) is 77.2. The molecule has 0 saturated heterocycles. The lowest BCUT2D eigenvalue weighted by Crippen LogP contribution is -2.30. The summed E-state index contributed by atoms with van der Waals surface area (Å²) in [5, 5.41) is 10.7. The summed E-state index contributed by atoms with van der Waals surface area (Å²) in [5.41, 5.74) is 0. The standard InChI is InChI=1S/C85H158O17P2/c1-5-9-13-17-21-25-29-33-36-39-42-46-49-53-57-61-65-69-82(87)95-75-80(101-84(89)71-67-63-59-55-51-45-32-28-24-20-16-12-8-4)77-99-103(91,92)97-73-79(86)74-98-104(93,94)100-78-81(102-85(90)72-68-64-60-56-52-48-44-41-38-35-31-27-23-19-15-11-7-3)76-96-83(88)70-66-62-58-54-50-47-43-40-37-34-30-26-22-18-14-10-6-2/h23,27,35,38,44,48,56,60,79-81,86H,5-22,24-26,28-34,36-37,39-43,45-47,49-55,57-59,61-78H2,1-4H3,(H,91,92)(H,93,94)/b27-23-,38-35-,48-44-,60-56-/t79-,80-,81-/m1/s1. The van der Waals surface area contributed by atoms with Gasteiger partial charge >= 0.3 is 39.5 Å². The van der Waals surface area contributed by atoms with Crippen molar-refractivity contribution in [3.63, 3.8) is 0 Å². The van der Waals surface area contributed by atoms with Gasteiger partial charge in [0.2, 0.25) is 0 Å². The first-order valence-electron chi connectivity index (χ1n) is 42.9. The molecular weight excluding hydrogens is 1350 g/mol. The Morgan fingerprint density at radius 3 is 0.760 bits per heavy atom. The van der Waals surface area contributed by atoms with Crippen LogP contribution in [0.5, 0.6) is 0 Å². The van der Waals surface area contributed by atoms with E-state index in [-0.39, 0.29) is 25.7 Å². The van der Waals surface area contributed by atoms with E-state index in [0.29, 0.717) is 32.1 Å². The summed E-state index contributed by atoms with van der Waals surface area (Å²) >= 11 is 0. The second-order valence-corrected chi connectivity index (χ2v) is 32.1. The molecule has 0 amide bonds. The molecule has 19 heteroatoms. The maximum atomic E-state index is 13.1. The van der Waals surface area contributed by atoms with E-state index < -0.39 is 97.5 Å². The minimum atomic E-state index is -4.98. The summed E-state index contributed by atoms with van der Waals surface area (Å²) in [4.78, 5) is 73.1. The van der Waals surface area contributed by atoms with Crippen LogP contribution in [0.15, 0.2) is 48.6 Å². The smallest absolute Gasteiger partial charge is 0.462 e. The molecule has 0 aromatic heterocycles. The van der Waals surface area contributed by atoms with Crippen LogP contribution in [-0.2, 0) is 65.4 Å². The molecule has 0 aliphatic carbocycles. The predicted octanol–water partition coefficient (Wildman–Crippen LogP) is 25.2. The molecule has 610 valence electrons. The number of ether oxygens (including phenoxy) is 4. The zero-order valence-corrected chi connectivity index (χ0v) is 68.8. The number of aliphatic hydroxyl groups excluding tert-OH is 1. The Bertz CT molecular complexity index is 2150. The van der Waals surface area contributed by atoms with Crippen LogP contribution in [0.2, 0.25) is 0 Å². The van der Waals surface area contributed by atoms with Gasteiger partial charge in [-0.25, -0.2) is 9.13 Å². The molecule has 5 atom stereocenters. The van der Waals surface area contributed by atoms with Crippen molar-refractivity contribution < 1.29 is 80.2 Å². The van der Waals surface area contributed by atoms with Gasteiger partial charge in [0.05, 0.1) is 26.4 Å². The SMILES string of the molecule is CCCCC/C=C\C/C=C\C/C=C\C/C=C\CCCC(=O)O[C@H](COC(=O)CCCCCCCCCCCCCCCCCCC)COP(=O)(O)OC[C@H](O)COP(=O)(O)OC[C@@H](COC(=O)CCCCCCCCCCCCCCCCCCC)OC(=O)CCCCCCCCCCCCCCC. The maximum Gasteiger partial charge on any atom is 0.472 e. The molecule has 0 aromatic rings. The Labute approximate surface area is 636 Å². The molecule has 0 rings (SSSR count). The van der Waals surface area contributed by atoms with E-state index in [1.54, 1.807) is 0 Å². The number of esters is 4. The van der Waals surface area contributed by atoms with Gasteiger partial charge in [0.15, 0.2) is 12.2 Å². The molecule has 3 N–H and O–H groups in total. The number of aliphatic hydroxyl groups is 1. The molecule has 0 aliphatic heterocycles. The Morgan fingerprint density at radius 2 is 0.481 bits per heavy atom. The number of unbranched alkanes of at least 4 members (excludes halogenated alkanes) is 48. The third-order valence-corrected chi connectivity index (χ3v) is 20.7. The second kappa shape index (κ2) is 78.2. The zero-order valence-electron chi connectivity index (χ0n) is 67.0. The summed E-state index contributed by atoms with van der Waals surface area (Å²) in [6.45, 7) is 4.91. The minimum Gasteiger partial charge on any atom is -0.462 e. The van der Waals surface area contributed by atoms with Gasteiger partial charge in [0, 0.05) is 25.7 Å². The van der Waals surface area contributed by atoms with E-state index in [2.05, 4.69) is 64.2 Å². The minimum absolute atomic E-state index is 0.0259. The number of carbonyl (C=O) groups excluding carboxylic acids is 4. The number of rotatable bonds is 82. The van der Waals surface area contributed by atoms with Crippen molar-refractivity contribution in [2.45, 2.75) is 431 Å². The van der Waals surface area contributed by atoms with Crippen LogP contribution in [0.25, 0.3) is 0 Å². The first-order valence-corrected chi connectivity index (χ1v) is 45.9. The fraction of sp³-hybridized carbons (Fsp3) is 0.859. The highest BCUT2D eigenvalue weighted by atomic mass is 31.2. The van der Waals surface area contributed by atoms with Crippen molar-refractivity contribution in [1.82, 2.24) is 0 Å². The van der Waals surface area contributed by atoms with Crippen LogP contribution in [0.3, 0.4) is 0 Å². The highest BCUT2D eigenvalue weighted by Crippen LogP contribution is 2.45. The quantitative estimate of drug-likeness (QED) is 0.0169. The number of hydrogen-bond acceptors (Lipinski definition) is 15. The highest BCUT2D eigenvalue weighted by molar-refractivity contribution is 7.47. The van der Waals surface area contributed by atoms with E-state index in [0.717, 1.165) is 89.9 Å². The van der Waals surface area contributed by atoms with E-state index in [1.807, 2.05) is 12.2 Å². The summed E-state index contributed by atoms with van der Waals surface area (Å²) in [5.74, 6) is -2.19. The second-order valence-electron chi connectivity index (χ2n) is 29.2. The maximum absolute atomic E-state index is 13.1. The van der Waals surface area contributed by atoms with Crippen LogP contribution in [0.1, 0.15) is 413 Å². The third-order valence-electron chi connectivity index (χ3n) is 18.8. The van der Waals surface area contributed by atoms with Crippen molar-refractivity contribution >= 4 is 39.5 Å². The van der Waals surface area contributed by atoms with Crippen molar-refractivity contribution in [3.8, 4) is 0 Å². The van der Waals surface area contributed by atoms with Gasteiger partial charge in [-0.05, 0) is 64.2 Å². The first kappa shape index (κ1) is 101. The zero-order chi connectivity index (χ0) is 76.0. The molecule has 0 aliphatic rings. The van der Waals surface area contributed by atoms with Crippen molar-refractivity contribution in [3.05, 3.63) is 48.6 Å². The van der Waals surface area contributed by atoms with Crippen molar-refractivity contribution in [2.75, 3.05) is 39.6 Å². The van der Waals surface area contributed by atoms with Crippen molar-refractivity contribution in [2.24, 2.45) is 0 Å². The number of carbonyl (C=O) groups is 4. The van der Waals surface area contributed by atoms with Gasteiger partial charge in [0.25, 0.3) is 0 Å². The van der Waals surface area contributed by atoms with E-state index in [9.17, 15) is 43.2 Å². The summed E-state index contributed by atoms with van der Waals surface area (Å²) in [6.07, 6.45) is 78.0. The first-order chi connectivity index (χ1) is 50.7. The highest BCUT2D eigenvalue weighted by Gasteiger charge is 2.30. The van der Waals surface area contributed by atoms with Gasteiger partial charge in [-0.3, -0.25) is 37.3 Å². The fourth-order valence-electron chi connectivity index (χ4n) is 12.3. The van der Waals surface area contributed by atoms with E-state index in [1.165, 1.54) is 238 Å². The number of phosphoric ester groups is 2. The lowest BCUT2D eigenvalue weighted by Gasteiger charge is -2.21. The lowest BCUT2D eigenvalue weighted by molar-refractivity contribution is -0.161. The van der Waals surface area contributed by atoms with E-state index >= 15 is 0 Å². The fourth-order valence-corrected chi connectivity index (χ4v) is 13.9. The Balaban J connectivity index is 5.33. The monoisotopic (exact) mass is 1510 g/mol. The normalized spacial score (nSPS) is 14.0. The van der Waals surface area contributed by atoms with Crippen LogP contribution >= 0.6 is 15.6 Å². The molecule has 0 bridgehead atoms. The van der Waals surface area contributed by atoms with Crippen LogP contribution < -0.4 is 0 Å². The predicted molar refractivity (Wildman–Crippen MR) is 427 cm³/mol. The topological polar surface area (TPSA) is 237 Å². The molecule has 104 heavy (non-hydrogen) atoms. The summed E-state index contributed by atoms with van der Waals surface area (Å²) in [7, 11) is -9.96. The number of allylic oxidation sites excluding steroid dienone is 8. The van der Waals surface area contributed by atoms with Gasteiger partial charge in [0.1, 0.15) is 19.3 Å². The molecule has 0 saturated carbocycles. The van der Waals surface area contributed by atoms with Crippen LogP contribution in [0.4, 0.5) is 0 Å². The Kier molecular flexibility index (Phi) is 75.9. The van der Waals surface area contributed by atoms with Gasteiger partial charge in [-0.15, -0.1) is 0 Å². The molecular formula is C85H158O17P2. The largest absolute Gasteiger partial charge is 0.472 e. The molecule has 0 aromatic carbocycles. The Hall–Kier alpha value is -2.98. The molecule has 0 heterocycles. The van der Waals surface area contributed by atoms with Crippen molar-refractivity contribution in [1.29, 1.82) is 0 Å². The summed E-state index contributed by atoms with van der Waals surface area (Å²) in [6, 6.07) is 0. The number of phosphoric acid groups is 2. The molecule has 17 nitrogen and oxygen atoms in total. The average molecular weight is 1510 g/mol.